The first-order chi connectivity index (χ1) is 20.0. The SMILES string of the molecule is NC(CC(=O)O)C(=O)NC(Cc1cnc[nH]1)C(=O)NC(Cc1ccccc1)C(=O)NC(Cc1ccc(O)cc1)C(=O)O. The highest BCUT2D eigenvalue weighted by atomic mass is 16.4. The van der Waals surface area contributed by atoms with Crippen LogP contribution >= 0.6 is 0 Å². The number of hydrogen-bond acceptors (Lipinski definition) is 8. The average molecular weight is 581 g/mol. The lowest BCUT2D eigenvalue weighted by Crippen LogP contribution is -2.58. The second-order valence-electron chi connectivity index (χ2n) is 9.57. The molecule has 14 heteroatoms. The third-order valence-electron chi connectivity index (χ3n) is 6.25. The summed E-state index contributed by atoms with van der Waals surface area (Å²) in [6.07, 6.45) is 1.95. The molecule has 0 aliphatic rings. The highest BCUT2D eigenvalue weighted by molar-refractivity contribution is 5.95. The van der Waals surface area contributed by atoms with E-state index in [9.17, 15) is 34.2 Å². The van der Waals surface area contributed by atoms with Gasteiger partial charge in [0, 0.05) is 31.2 Å². The minimum atomic E-state index is -1.43. The van der Waals surface area contributed by atoms with Gasteiger partial charge in [0.05, 0.1) is 18.8 Å². The zero-order valence-electron chi connectivity index (χ0n) is 22.4. The Morgan fingerprint density at radius 2 is 1.31 bits per heavy atom. The number of H-pyrrole nitrogens is 1. The van der Waals surface area contributed by atoms with Gasteiger partial charge >= 0.3 is 11.9 Å². The number of nitrogens with one attached hydrogen (secondary N) is 4. The fourth-order valence-electron chi connectivity index (χ4n) is 4.06. The fraction of sp³-hybridized carbons (Fsp3) is 0.286. The number of aliphatic carboxylic acids is 2. The van der Waals surface area contributed by atoms with Crippen LogP contribution < -0.4 is 21.7 Å². The van der Waals surface area contributed by atoms with Gasteiger partial charge in [0.1, 0.15) is 23.9 Å². The minimum absolute atomic E-state index is 0.000916. The average Bonchev–Trinajstić information content (AvgIpc) is 3.46. The molecule has 0 fully saturated rings. The smallest absolute Gasteiger partial charge is 0.326 e. The molecule has 0 saturated heterocycles. The zero-order chi connectivity index (χ0) is 30.6. The lowest BCUT2D eigenvalue weighted by Gasteiger charge is -2.25. The number of rotatable bonds is 15. The van der Waals surface area contributed by atoms with Gasteiger partial charge in [-0.1, -0.05) is 42.5 Å². The third-order valence-corrected chi connectivity index (χ3v) is 6.25. The molecular formula is C28H32N6O8. The predicted molar refractivity (Wildman–Crippen MR) is 148 cm³/mol. The summed E-state index contributed by atoms with van der Waals surface area (Å²) in [5.41, 5.74) is 7.35. The molecule has 0 spiro atoms. The second kappa shape index (κ2) is 14.9. The largest absolute Gasteiger partial charge is 0.508 e. The fourth-order valence-corrected chi connectivity index (χ4v) is 4.06. The van der Waals surface area contributed by atoms with Crippen molar-refractivity contribution in [1.82, 2.24) is 25.9 Å². The van der Waals surface area contributed by atoms with Crippen molar-refractivity contribution in [2.75, 3.05) is 0 Å². The number of carboxylic acid groups (broad SMARTS) is 2. The first kappa shape index (κ1) is 31.3. The van der Waals surface area contributed by atoms with Crippen molar-refractivity contribution in [3.05, 3.63) is 83.9 Å². The Balaban J connectivity index is 1.82. The normalized spacial score (nSPS) is 13.6. The van der Waals surface area contributed by atoms with E-state index in [0.29, 0.717) is 16.8 Å². The van der Waals surface area contributed by atoms with E-state index in [1.165, 1.54) is 36.8 Å². The van der Waals surface area contributed by atoms with Crippen molar-refractivity contribution in [3.63, 3.8) is 0 Å². The van der Waals surface area contributed by atoms with Gasteiger partial charge in [-0.2, -0.15) is 0 Å². The molecule has 0 aliphatic heterocycles. The maximum absolute atomic E-state index is 13.5. The number of aromatic hydroxyl groups is 1. The van der Waals surface area contributed by atoms with Crippen molar-refractivity contribution in [2.24, 2.45) is 5.73 Å². The van der Waals surface area contributed by atoms with E-state index in [1.54, 1.807) is 30.3 Å². The molecule has 2 aromatic carbocycles. The molecule has 0 saturated carbocycles. The molecule has 3 aromatic rings. The quantitative estimate of drug-likeness (QED) is 0.114. The van der Waals surface area contributed by atoms with Gasteiger partial charge in [-0.25, -0.2) is 9.78 Å². The Bertz CT molecular complexity index is 1360. The molecule has 4 unspecified atom stereocenters. The highest BCUT2D eigenvalue weighted by Crippen LogP contribution is 2.12. The van der Waals surface area contributed by atoms with Gasteiger partial charge in [-0.05, 0) is 23.3 Å². The maximum Gasteiger partial charge on any atom is 0.326 e. The van der Waals surface area contributed by atoms with Crippen LogP contribution in [-0.2, 0) is 43.2 Å². The van der Waals surface area contributed by atoms with Crippen LogP contribution in [0.5, 0.6) is 5.75 Å². The molecule has 14 nitrogen and oxygen atoms in total. The number of phenolic OH excluding ortho intramolecular Hbond substituents is 1. The van der Waals surface area contributed by atoms with E-state index >= 15 is 0 Å². The standard InChI is InChI=1S/C28H32N6O8/c29-20(13-24(36)37)25(38)32-22(12-18-14-30-15-31-18)27(40)33-21(10-16-4-2-1-3-5-16)26(39)34-23(28(41)42)11-17-6-8-19(35)9-7-17/h1-9,14-15,20-23,35H,10-13,29H2,(H,30,31)(H,32,38)(H,33,40)(H,34,39)(H,36,37)(H,41,42). The summed E-state index contributed by atoms with van der Waals surface area (Å²) in [7, 11) is 0. The number of benzene rings is 2. The molecule has 3 amide bonds. The molecule has 9 N–H and O–H groups in total. The van der Waals surface area contributed by atoms with Crippen LogP contribution in [0.1, 0.15) is 23.2 Å². The van der Waals surface area contributed by atoms with E-state index in [0.717, 1.165) is 0 Å². The summed E-state index contributed by atoms with van der Waals surface area (Å²) in [5.74, 6) is -5.07. The van der Waals surface area contributed by atoms with Crippen LogP contribution in [0.25, 0.3) is 0 Å². The molecule has 0 radical (unpaired) electrons. The summed E-state index contributed by atoms with van der Waals surface area (Å²) in [6.45, 7) is 0. The topological polar surface area (TPSA) is 237 Å². The van der Waals surface area contributed by atoms with Crippen LogP contribution in [0.4, 0.5) is 0 Å². The lowest BCUT2D eigenvalue weighted by molar-refractivity contribution is -0.142. The van der Waals surface area contributed by atoms with Gasteiger partial charge in [0.25, 0.3) is 0 Å². The van der Waals surface area contributed by atoms with Crippen molar-refractivity contribution in [1.29, 1.82) is 0 Å². The highest BCUT2D eigenvalue weighted by Gasteiger charge is 2.31. The minimum Gasteiger partial charge on any atom is -0.508 e. The number of imidazole rings is 1. The first-order valence-electron chi connectivity index (χ1n) is 12.9. The van der Waals surface area contributed by atoms with Crippen molar-refractivity contribution in [3.8, 4) is 5.75 Å². The molecule has 0 aliphatic carbocycles. The van der Waals surface area contributed by atoms with Crippen molar-refractivity contribution in [2.45, 2.75) is 49.9 Å². The molecule has 222 valence electrons. The first-order valence-corrected chi connectivity index (χ1v) is 12.9. The molecule has 1 aromatic heterocycles. The number of carboxylic acids is 2. The van der Waals surface area contributed by atoms with Gasteiger partial charge in [-0.15, -0.1) is 0 Å². The second-order valence-corrected chi connectivity index (χ2v) is 9.57. The Morgan fingerprint density at radius 1 is 0.762 bits per heavy atom. The third kappa shape index (κ3) is 9.75. The molecular weight excluding hydrogens is 548 g/mol. The number of phenols is 1. The Morgan fingerprint density at radius 3 is 1.88 bits per heavy atom. The summed E-state index contributed by atoms with van der Waals surface area (Å²) < 4.78 is 0. The van der Waals surface area contributed by atoms with Crippen LogP contribution in [0.2, 0.25) is 0 Å². The number of nitrogens with zero attached hydrogens (tertiary/aromatic N) is 1. The summed E-state index contributed by atoms with van der Waals surface area (Å²) in [6, 6.07) is 9.22. The number of nitrogens with two attached hydrogens (primary N) is 1. The summed E-state index contributed by atoms with van der Waals surface area (Å²) in [4.78, 5) is 69.1. The number of amides is 3. The maximum atomic E-state index is 13.5. The van der Waals surface area contributed by atoms with E-state index in [1.807, 2.05) is 0 Å². The number of carbonyl (C=O) groups excluding carboxylic acids is 3. The van der Waals surface area contributed by atoms with E-state index in [-0.39, 0.29) is 25.0 Å². The number of aromatic amines is 1. The van der Waals surface area contributed by atoms with Crippen LogP contribution in [0, 0.1) is 0 Å². The van der Waals surface area contributed by atoms with E-state index in [4.69, 9.17) is 10.8 Å². The van der Waals surface area contributed by atoms with Gasteiger partial charge < -0.3 is 42.0 Å². The monoisotopic (exact) mass is 580 g/mol. The Labute approximate surface area is 240 Å². The van der Waals surface area contributed by atoms with Gasteiger partial charge in [-0.3, -0.25) is 19.2 Å². The zero-order valence-corrected chi connectivity index (χ0v) is 22.4. The van der Waals surface area contributed by atoms with E-state index < -0.39 is 60.2 Å². The van der Waals surface area contributed by atoms with Crippen molar-refractivity contribution >= 4 is 29.7 Å². The lowest BCUT2D eigenvalue weighted by atomic mass is 10.0. The van der Waals surface area contributed by atoms with Crippen LogP contribution in [0.3, 0.4) is 0 Å². The van der Waals surface area contributed by atoms with E-state index in [2.05, 4.69) is 25.9 Å². The number of carbonyl (C=O) groups is 5. The summed E-state index contributed by atoms with van der Waals surface area (Å²) >= 11 is 0. The molecule has 0 bridgehead atoms. The predicted octanol–water partition coefficient (Wildman–Crippen LogP) is -0.516. The van der Waals surface area contributed by atoms with Gasteiger partial charge in [0.2, 0.25) is 17.7 Å². The van der Waals surface area contributed by atoms with Crippen LogP contribution in [-0.4, -0.2) is 79.1 Å². The number of aromatic nitrogens is 2. The molecule has 4 atom stereocenters. The van der Waals surface area contributed by atoms with Crippen molar-refractivity contribution < 1.29 is 39.3 Å². The van der Waals surface area contributed by atoms with Gasteiger partial charge in [0.15, 0.2) is 0 Å². The molecule has 3 rings (SSSR count). The Kier molecular flexibility index (Phi) is 11.1. The summed E-state index contributed by atoms with van der Waals surface area (Å²) in [5, 5.41) is 35.7. The Hall–Kier alpha value is -5.24. The molecule has 1 heterocycles. The number of hydrogen-bond donors (Lipinski definition) is 8. The molecule has 42 heavy (non-hydrogen) atoms. The van der Waals surface area contributed by atoms with Crippen LogP contribution in [0.15, 0.2) is 67.1 Å².